The van der Waals surface area contributed by atoms with E-state index < -0.39 is 5.85 Å². The molecule has 0 fully saturated rings. The Hall–Kier alpha value is -1.77. The number of ether oxygens (including phenoxy) is 2. The quantitative estimate of drug-likeness (QED) is 0.679. The number of fused-ring (bicyclic) bond motifs is 2. The molecule has 0 saturated heterocycles. The van der Waals surface area contributed by atoms with Crippen LogP contribution in [-0.4, -0.2) is 5.85 Å². The van der Waals surface area contributed by atoms with Gasteiger partial charge in [0, 0.05) is 6.42 Å². The average Bonchev–Trinajstić information content (AvgIpc) is 2.25. The first kappa shape index (κ1) is 10.4. The highest BCUT2D eigenvalue weighted by atomic mass is 19.2. The summed E-state index contributed by atoms with van der Waals surface area (Å²) < 4.78 is 25.7. The minimum Gasteiger partial charge on any atom is -0.451 e. The molecular weight excluding hydrogens is 219 g/mol. The Balaban J connectivity index is 2.07. The molecule has 88 valence electrons. The number of allylic oxidation sites excluding steroid dienone is 2. The number of rotatable bonds is 0. The van der Waals surface area contributed by atoms with Gasteiger partial charge in [-0.3, -0.25) is 0 Å². The summed E-state index contributed by atoms with van der Waals surface area (Å²) in [6, 6.07) is 5.51. The van der Waals surface area contributed by atoms with Crippen molar-refractivity contribution < 1.29 is 13.9 Å². The van der Waals surface area contributed by atoms with E-state index in [4.69, 9.17) is 9.47 Å². The van der Waals surface area contributed by atoms with Crippen LogP contribution in [0.15, 0.2) is 41.7 Å². The predicted molar refractivity (Wildman–Crippen MR) is 62.7 cm³/mol. The maximum atomic E-state index is 14.6. The summed E-state index contributed by atoms with van der Waals surface area (Å²) in [7, 11) is 0. The summed E-state index contributed by atoms with van der Waals surface area (Å²) in [6.07, 6.45) is 3.71. The van der Waals surface area contributed by atoms with E-state index in [0.717, 1.165) is 11.1 Å². The van der Waals surface area contributed by atoms with Crippen LogP contribution < -0.4 is 9.47 Å². The second-order valence-corrected chi connectivity index (χ2v) is 4.60. The lowest BCUT2D eigenvalue weighted by molar-refractivity contribution is -0.0715. The summed E-state index contributed by atoms with van der Waals surface area (Å²) in [5.41, 5.74) is 1.96. The molecule has 0 spiro atoms. The van der Waals surface area contributed by atoms with E-state index in [9.17, 15) is 4.39 Å². The SMILES string of the molecule is CC1=CC=C2Oc3ccc(C)cc3OC2(F)C1. The molecule has 0 bridgehead atoms. The molecule has 1 aromatic rings. The van der Waals surface area contributed by atoms with E-state index in [1.807, 2.05) is 26.0 Å². The van der Waals surface area contributed by atoms with Gasteiger partial charge in [0.15, 0.2) is 17.3 Å². The van der Waals surface area contributed by atoms with E-state index in [1.54, 1.807) is 18.2 Å². The van der Waals surface area contributed by atoms with Gasteiger partial charge in [-0.25, -0.2) is 0 Å². The van der Waals surface area contributed by atoms with Crippen molar-refractivity contribution >= 4 is 0 Å². The van der Waals surface area contributed by atoms with E-state index in [2.05, 4.69) is 0 Å². The first-order valence-corrected chi connectivity index (χ1v) is 5.61. The second-order valence-electron chi connectivity index (χ2n) is 4.60. The van der Waals surface area contributed by atoms with E-state index >= 15 is 0 Å². The van der Waals surface area contributed by atoms with Crippen LogP contribution >= 0.6 is 0 Å². The van der Waals surface area contributed by atoms with Gasteiger partial charge in [0.1, 0.15) is 0 Å². The van der Waals surface area contributed by atoms with Gasteiger partial charge in [-0.2, -0.15) is 4.39 Å². The standard InChI is InChI=1S/C14H13FO2/c1-9-3-5-11-12(7-9)17-14(15)8-10(2)4-6-13(14)16-11/h3-7H,8H2,1-2H3. The van der Waals surface area contributed by atoms with Crippen molar-refractivity contribution in [2.75, 3.05) is 0 Å². The molecule has 1 aromatic carbocycles. The van der Waals surface area contributed by atoms with Crippen molar-refractivity contribution in [2.45, 2.75) is 26.1 Å². The lowest BCUT2D eigenvalue weighted by Gasteiger charge is -2.35. The highest BCUT2D eigenvalue weighted by molar-refractivity contribution is 5.48. The van der Waals surface area contributed by atoms with Crippen molar-refractivity contribution in [1.82, 2.24) is 0 Å². The van der Waals surface area contributed by atoms with Gasteiger partial charge in [-0.15, -0.1) is 0 Å². The Morgan fingerprint density at radius 3 is 2.82 bits per heavy atom. The van der Waals surface area contributed by atoms with Gasteiger partial charge in [-0.05, 0) is 37.6 Å². The highest BCUT2D eigenvalue weighted by Gasteiger charge is 2.44. The Morgan fingerprint density at radius 1 is 1.18 bits per heavy atom. The Kier molecular flexibility index (Phi) is 2.05. The fourth-order valence-electron chi connectivity index (χ4n) is 2.12. The Labute approximate surface area is 99.4 Å². The zero-order chi connectivity index (χ0) is 12.0. The summed E-state index contributed by atoms with van der Waals surface area (Å²) in [6.45, 7) is 3.82. The third-order valence-electron chi connectivity index (χ3n) is 2.98. The number of benzene rings is 1. The third kappa shape index (κ3) is 1.62. The second kappa shape index (κ2) is 3.36. The van der Waals surface area contributed by atoms with Crippen LogP contribution in [0.1, 0.15) is 18.9 Å². The molecule has 17 heavy (non-hydrogen) atoms. The van der Waals surface area contributed by atoms with E-state index in [1.165, 1.54) is 0 Å². The van der Waals surface area contributed by atoms with Gasteiger partial charge < -0.3 is 9.47 Å². The molecule has 0 aromatic heterocycles. The zero-order valence-electron chi connectivity index (χ0n) is 9.79. The Morgan fingerprint density at radius 2 is 2.00 bits per heavy atom. The Bertz CT molecular complexity index is 545. The van der Waals surface area contributed by atoms with Crippen LogP contribution in [0.5, 0.6) is 11.5 Å². The van der Waals surface area contributed by atoms with Crippen molar-refractivity contribution in [3.8, 4) is 11.5 Å². The fourth-order valence-corrected chi connectivity index (χ4v) is 2.12. The minimum atomic E-state index is -1.85. The van der Waals surface area contributed by atoms with E-state index in [-0.39, 0.29) is 12.2 Å². The monoisotopic (exact) mass is 232 g/mol. The molecule has 3 heteroatoms. The highest BCUT2D eigenvalue weighted by Crippen LogP contribution is 2.45. The number of alkyl halides is 1. The third-order valence-corrected chi connectivity index (χ3v) is 2.98. The van der Waals surface area contributed by atoms with E-state index in [0.29, 0.717) is 11.5 Å². The summed E-state index contributed by atoms with van der Waals surface area (Å²) in [4.78, 5) is 0. The molecular formula is C14H13FO2. The molecule has 1 aliphatic heterocycles. The average molecular weight is 232 g/mol. The molecule has 0 saturated carbocycles. The first-order chi connectivity index (χ1) is 8.07. The van der Waals surface area contributed by atoms with Crippen molar-refractivity contribution in [1.29, 1.82) is 0 Å². The van der Waals surface area contributed by atoms with Crippen LogP contribution in [0.4, 0.5) is 4.39 Å². The van der Waals surface area contributed by atoms with Crippen LogP contribution in [0, 0.1) is 6.92 Å². The smallest absolute Gasteiger partial charge is 0.309 e. The maximum Gasteiger partial charge on any atom is 0.309 e. The molecule has 1 aliphatic carbocycles. The molecule has 2 nitrogen and oxygen atoms in total. The minimum absolute atomic E-state index is 0.214. The fraction of sp³-hybridized carbons (Fsp3) is 0.286. The molecule has 1 heterocycles. The van der Waals surface area contributed by atoms with Crippen molar-refractivity contribution in [3.05, 3.63) is 47.2 Å². The van der Waals surface area contributed by atoms with Gasteiger partial charge in [0.25, 0.3) is 0 Å². The summed E-state index contributed by atoms with van der Waals surface area (Å²) >= 11 is 0. The maximum absolute atomic E-state index is 14.6. The summed E-state index contributed by atoms with van der Waals surface area (Å²) in [5.74, 6) is -0.568. The molecule has 1 atom stereocenters. The van der Waals surface area contributed by atoms with Gasteiger partial charge in [0.05, 0.1) is 0 Å². The van der Waals surface area contributed by atoms with Crippen LogP contribution in [0.25, 0.3) is 0 Å². The molecule has 0 amide bonds. The molecule has 0 radical (unpaired) electrons. The largest absolute Gasteiger partial charge is 0.451 e. The first-order valence-electron chi connectivity index (χ1n) is 5.61. The molecule has 1 unspecified atom stereocenters. The normalized spacial score (nSPS) is 25.8. The zero-order valence-corrected chi connectivity index (χ0v) is 9.79. The number of hydrogen-bond donors (Lipinski definition) is 0. The van der Waals surface area contributed by atoms with Crippen molar-refractivity contribution in [2.24, 2.45) is 0 Å². The van der Waals surface area contributed by atoms with Crippen LogP contribution in [-0.2, 0) is 0 Å². The lowest BCUT2D eigenvalue weighted by atomic mass is 9.99. The number of aryl methyl sites for hydroxylation is 1. The van der Waals surface area contributed by atoms with Crippen LogP contribution in [0.3, 0.4) is 0 Å². The van der Waals surface area contributed by atoms with Gasteiger partial charge in [-0.1, -0.05) is 17.7 Å². The molecule has 2 aliphatic rings. The van der Waals surface area contributed by atoms with Gasteiger partial charge >= 0.3 is 5.85 Å². The molecule has 3 rings (SSSR count). The van der Waals surface area contributed by atoms with Crippen molar-refractivity contribution in [3.63, 3.8) is 0 Å². The number of halogens is 1. The predicted octanol–water partition coefficient (Wildman–Crippen LogP) is 3.67. The summed E-state index contributed by atoms with van der Waals surface area (Å²) in [5, 5.41) is 0. The van der Waals surface area contributed by atoms with Crippen LogP contribution in [0.2, 0.25) is 0 Å². The topological polar surface area (TPSA) is 18.5 Å². The number of hydrogen-bond acceptors (Lipinski definition) is 2. The van der Waals surface area contributed by atoms with Gasteiger partial charge in [0.2, 0.25) is 0 Å². The lowest BCUT2D eigenvalue weighted by Crippen LogP contribution is -2.40. The molecule has 0 N–H and O–H groups in total.